The van der Waals surface area contributed by atoms with E-state index >= 15 is 0 Å². The largest absolute Gasteiger partial charge is 0.326 e. The number of hydrogen-bond acceptors (Lipinski definition) is 3. The summed E-state index contributed by atoms with van der Waals surface area (Å²) in [6, 6.07) is -0.0823. The molecule has 2 bridgehead atoms. The molecule has 0 radical (unpaired) electrons. The molecule has 0 amide bonds. The first-order valence-corrected chi connectivity index (χ1v) is 8.78. The van der Waals surface area contributed by atoms with Crippen LogP contribution in [-0.2, 0) is 0 Å². The highest BCUT2D eigenvalue weighted by Crippen LogP contribution is 2.49. The Bertz CT molecular complexity index is 424. The van der Waals surface area contributed by atoms with Gasteiger partial charge in [0.05, 0.1) is 0 Å². The van der Waals surface area contributed by atoms with Gasteiger partial charge in [-0.3, -0.25) is 0 Å². The van der Waals surface area contributed by atoms with Gasteiger partial charge in [0.15, 0.2) is 0 Å². The zero-order valence-electron chi connectivity index (χ0n) is 14.0. The van der Waals surface area contributed by atoms with E-state index in [2.05, 4.69) is 24.8 Å². The topological polar surface area (TPSA) is 78.1 Å². The fourth-order valence-electron chi connectivity index (χ4n) is 3.96. The lowest BCUT2D eigenvalue weighted by Crippen LogP contribution is -2.51. The van der Waals surface area contributed by atoms with Gasteiger partial charge in [0.2, 0.25) is 0 Å². The molecule has 6 unspecified atom stereocenters. The van der Waals surface area contributed by atoms with Gasteiger partial charge >= 0.3 is 0 Å². The van der Waals surface area contributed by atoms with E-state index in [0.29, 0.717) is 0 Å². The number of fused-ring (bicyclic) bond motifs is 2. The number of unbranched alkanes of at least 4 members (excludes halogenated alkanes) is 1. The summed E-state index contributed by atoms with van der Waals surface area (Å²) in [6.45, 7) is 5.70. The van der Waals surface area contributed by atoms with E-state index in [9.17, 15) is 0 Å². The third-order valence-corrected chi connectivity index (χ3v) is 5.45. The van der Waals surface area contributed by atoms with Crippen LogP contribution in [0.2, 0.25) is 0 Å². The molecule has 0 aromatic rings. The van der Waals surface area contributed by atoms with Crippen LogP contribution in [-0.4, -0.2) is 18.1 Å². The first-order valence-electron chi connectivity index (χ1n) is 8.78. The van der Waals surface area contributed by atoms with E-state index in [1.807, 2.05) is 13.0 Å². The van der Waals surface area contributed by atoms with Crippen molar-refractivity contribution in [1.82, 2.24) is 0 Å². The lowest BCUT2D eigenvalue weighted by Gasteiger charge is -2.26. The summed E-state index contributed by atoms with van der Waals surface area (Å²) in [5.41, 5.74) is 19.6. The lowest BCUT2D eigenvalue weighted by molar-refractivity contribution is 0.353. The van der Waals surface area contributed by atoms with Gasteiger partial charge in [-0.1, -0.05) is 24.3 Å². The summed E-state index contributed by atoms with van der Waals surface area (Å²) in [4.78, 5) is 0. The Labute approximate surface area is 135 Å². The van der Waals surface area contributed by atoms with Gasteiger partial charge in [-0.2, -0.15) is 0 Å². The van der Waals surface area contributed by atoms with E-state index in [4.69, 9.17) is 17.2 Å². The monoisotopic (exact) mass is 303 g/mol. The average Bonchev–Trinajstić information content (AvgIpc) is 3.08. The number of allylic oxidation sites excluding steroid dienone is 5. The lowest BCUT2D eigenvalue weighted by atomic mass is 9.84. The van der Waals surface area contributed by atoms with Crippen molar-refractivity contribution < 1.29 is 0 Å². The maximum atomic E-state index is 6.18. The summed E-state index contributed by atoms with van der Waals surface area (Å²) >= 11 is 0. The fourth-order valence-corrected chi connectivity index (χ4v) is 3.96. The second-order valence-corrected chi connectivity index (χ2v) is 7.20. The molecule has 22 heavy (non-hydrogen) atoms. The molecule has 0 aromatic heterocycles. The van der Waals surface area contributed by atoms with Gasteiger partial charge < -0.3 is 17.2 Å². The van der Waals surface area contributed by atoms with Crippen molar-refractivity contribution in [3.05, 3.63) is 36.5 Å². The van der Waals surface area contributed by atoms with Crippen LogP contribution in [0, 0.1) is 17.8 Å². The molecule has 6 atom stereocenters. The minimum absolute atomic E-state index is 0.0257. The van der Waals surface area contributed by atoms with Gasteiger partial charge in [0.1, 0.15) is 0 Å². The molecule has 3 nitrogen and oxygen atoms in total. The van der Waals surface area contributed by atoms with Crippen LogP contribution in [0.25, 0.3) is 0 Å². The molecular formula is C19H33N3. The summed E-state index contributed by atoms with van der Waals surface area (Å²) < 4.78 is 0. The highest BCUT2D eigenvalue weighted by atomic mass is 14.8. The van der Waals surface area contributed by atoms with Crippen LogP contribution in [0.4, 0.5) is 0 Å². The molecule has 0 aliphatic heterocycles. The van der Waals surface area contributed by atoms with Crippen LogP contribution in [0.3, 0.4) is 0 Å². The first-order chi connectivity index (χ1) is 10.5. The molecule has 1 fully saturated rings. The predicted molar refractivity (Wildman–Crippen MR) is 95.2 cm³/mol. The summed E-state index contributed by atoms with van der Waals surface area (Å²) in [7, 11) is 0. The van der Waals surface area contributed by atoms with Crippen molar-refractivity contribution >= 4 is 0 Å². The first kappa shape index (κ1) is 17.5. The number of nitrogens with two attached hydrogens (primary N) is 3. The molecule has 124 valence electrons. The Morgan fingerprint density at radius 1 is 1.27 bits per heavy atom. The minimum Gasteiger partial charge on any atom is -0.326 e. The summed E-state index contributed by atoms with van der Waals surface area (Å²) in [5.74, 6) is 2.32. The minimum atomic E-state index is -0.0857. The van der Waals surface area contributed by atoms with Crippen molar-refractivity contribution in [2.24, 2.45) is 35.0 Å². The molecule has 0 aromatic carbocycles. The van der Waals surface area contributed by atoms with Crippen LogP contribution < -0.4 is 17.2 Å². The van der Waals surface area contributed by atoms with Gasteiger partial charge in [0, 0.05) is 18.1 Å². The second kappa shape index (κ2) is 8.09. The average molecular weight is 303 g/mol. The molecule has 3 heteroatoms. The highest BCUT2D eigenvalue weighted by Gasteiger charge is 2.39. The van der Waals surface area contributed by atoms with Gasteiger partial charge in [-0.05, 0) is 68.8 Å². The Kier molecular flexibility index (Phi) is 6.42. The van der Waals surface area contributed by atoms with Crippen LogP contribution in [0.1, 0.15) is 45.4 Å². The van der Waals surface area contributed by atoms with Crippen LogP contribution in [0.15, 0.2) is 36.5 Å². The molecule has 0 spiro atoms. The van der Waals surface area contributed by atoms with Crippen molar-refractivity contribution in [3.8, 4) is 0 Å². The smallest absolute Gasteiger partial charge is 0.0343 e. The van der Waals surface area contributed by atoms with E-state index < -0.39 is 0 Å². The fraction of sp³-hybridized carbons (Fsp3) is 0.684. The molecule has 0 saturated heterocycles. The Morgan fingerprint density at radius 2 is 2.05 bits per heavy atom. The molecule has 2 aliphatic rings. The molecule has 2 aliphatic carbocycles. The molecule has 6 N–H and O–H groups in total. The second-order valence-electron chi connectivity index (χ2n) is 7.20. The zero-order chi connectivity index (χ0) is 16.1. The standard InChI is InChI=1S/C19H33N3/c1-3-4-5-6-7-14-10-17-12-16(14)11-15(17)8-9-18(21)19(22)13(2)20/h3,6-7,10,13,15-19H,1,4-5,8-9,11-12,20-22H2,2H3/b7-6-. The highest BCUT2D eigenvalue weighted by molar-refractivity contribution is 5.30. The van der Waals surface area contributed by atoms with Crippen molar-refractivity contribution in [1.29, 1.82) is 0 Å². The molecular weight excluding hydrogens is 270 g/mol. The van der Waals surface area contributed by atoms with E-state index in [1.54, 1.807) is 5.57 Å². The summed E-state index contributed by atoms with van der Waals surface area (Å²) in [6.07, 6.45) is 16.1. The number of rotatable bonds is 9. The predicted octanol–water partition coefficient (Wildman–Crippen LogP) is 2.87. The van der Waals surface area contributed by atoms with Crippen molar-refractivity contribution in [2.75, 3.05) is 0 Å². The quantitative estimate of drug-likeness (QED) is 0.453. The third kappa shape index (κ3) is 4.31. The maximum Gasteiger partial charge on any atom is 0.0343 e. The summed E-state index contributed by atoms with van der Waals surface area (Å²) in [5, 5.41) is 0. The molecule has 2 rings (SSSR count). The van der Waals surface area contributed by atoms with E-state index in [-0.39, 0.29) is 18.1 Å². The Hall–Kier alpha value is -0.900. The van der Waals surface area contributed by atoms with Crippen molar-refractivity contribution in [2.45, 2.75) is 63.6 Å². The molecule has 0 heterocycles. The van der Waals surface area contributed by atoms with Crippen molar-refractivity contribution in [3.63, 3.8) is 0 Å². The SMILES string of the molecule is C=CCC/C=C\C1=CC2CC1CC2CCC(N)C(N)C(C)N. The molecule has 1 saturated carbocycles. The zero-order valence-corrected chi connectivity index (χ0v) is 14.0. The Morgan fingerprint density at radius 3 is 2.64 bits per heavy atom. The third-order valence-electron chi connectivity index (χ3n) is 5.45. The maximum absolute atomic E-state index is 6.18. The van der Waals surface area contributed by atoms with E-state index in [0.717, 1.165) is 37.0 Å². The number of hydrogen-bond donors (Lipinski definition) is 3. The Balaban J connectivity index is 1.78. The van der Waals surface area contributed by atoms with Crippen LogP contribution >= 0.6 is 0 Å². The van der Waals surface area contributed by atoms with Gasteiger partial charge in [-0.25, -0.2) is 0 Å². The van der Waals surface area contributed by atoms with Gasteiger partial charge in [0.25, 0.3) is 0 Å². The van der Waals surface area contributed by atoms with Gasteiger partial charge in [-0.15, -0.1) is 6.58 Å². The van der Waals surface area contributed by atoms with Crippen LogP contribution in [0.5, 0.6) is 0 Å². The van der Waals surface area contributed by atoms with E-state index in [1.165, 1.54) is 19.3 Å². The normalized spacial score (nSPS) is 31.3.